The Balaban J connectivity index is 1.34. The fourth-order valence-corrected chi connectivity index (χ4v) is 8.95. The monoisotopic (exact) mass is 988 g/mol. The zero-order valence-electron chi connectivity index (χ0n) is 41.5. The average Bonchev–Trinajstić information content (AvgIpc) is 3.64. The molecule has 1 fully saturated rings. The zero-order chi connectivity index (χ0) is 51.7. The second-order valence-corrected chi connectivity index (χ2v) is 18.2. The van der Waals surface area contributed by atoms with E-state index in [9.17, 15) is 29.2 Å². The lowest BCUT2D eigenvalue weighted by molar-refractivity contribution is -0.141. The summed E-state index contributed by atoms with van der Waals surface area (Å²) in [4.78, 5) is 76.9. The molecular weight excluding hydrogens is 919 g/mol. The molecule has 6 rings (SSSR count). The summed E-state index contributed by atoms with van der Waals surface area (Å²) in [6, 6.07) is 16.4. The normalized spacial score (nSPS) is 17.7. The summed E-state index contributed by atoms with van der Waals surface area (Å²) in [5.74, 6) is -1.80. The number of carbonyl (C=O) groups excluding carboxylic acids is 5. The van der Waals surface area contributed by atoms with Crippen LogP contribution in [0.2, 0.25) is 0 Å². The van der Waals surface area contributed by atoms with Gasteiger partial charge in [-0.3, -0.25) is 29.0 Å². The molecular formula is C53H69N11O8. The van der Waals surface area contributed by atoms with E-state index in [4.69, 9.17) is 42.1 Å². The van der Waals surface area contributed by atoms with Crippen LogP contribution in [0.15, 0.2) is 66.7 Å². The number of pyridine rings is 1. The highest BCUT2D eigenvalue weighted by atomic mass is 16.5. The first-order valence-corrected chi connectivity index (χ1v) is 24.8. The molecule has 384 valence electrons. The molecule has 5 amide bonds. The molecule has 1 aliphatic carbocycles. The van der Waals surface area contributed by atoms with E-state index in [1.165, 1.54) is 31.7 Å². The molecule has 3 aromatic carbocycles. The van der Waals surface area contributed by atoms with Gasteiger partial charge in [-0.1, -0.05) is 25.0 Å². The summed E-state index contributed by atoms with van der Waals surface area (Å²) < 4.78 is 18.8. The molecule has 19 nitrogen and oxygen atoms in total. The molecule has 19 heteroatoms. The van der Waals surface area contributed by atoms with Gasteiger partial charge in [-0.05, 0) is 144 Å². The molecule has 0 unspecified atom stereocenters. The van der Waals surface area contributed by atoms with Crippen LogP contribution in [0.1, 0.15) is 97.9 Å². The van der Waals surface area contributed by atoms with Crippen molar-refractivity contribution >= 4 is 35.2 Å². The number of amides is 5. The van der Waals surface area contributed by atoms with Crippen LogP contribution in [-0.4, -0.2) is 110 Å². The fourth-order valence-electron chi connectivity index (χ4n) is 8.95. The van der Waals surface area contributed by atoms with Gasteiger partial charge in [-0.2, -0.15) is 5.26 Å². The number of rotatable bonds is 19. The Morgan fingerprint density at radius 2 is 1.51 bits per heavy atom. The number of nitrogens with one attached hydrogen (secondary N) is 4. The number of aryl methyl sites for hydroxylation is 1. The summed E-state index contributed by atoms with van der Waals surface area (Å²) in [6.07, 6.45) is 8.09. The first-order chi connectivity index (χ1) is 34.8. The number of carbonyl (C=O) groups is 5. The maximum absolute atomic E-state index is 14.8. The minimum absolute atomic E-state index is 0.00619. The number of benzene rings is 3. The lowest BCUT2D eigenvalue weighted by Crippen LogP contribution is -2.56. The Morgan fingerprint density at radius 1 is 0.861 bits per heavy atom. The van der Waals surface area contributed by atoms with Gasteiger partial charge in [0.1, 0.15) is 48.0 Å². The number of likely N-dealkylation sites (N-methyl/N-ethyl adjacent to an activating group) is 1. The van der Waals surface area contributed by atoms with Gasteiger partial charge < -0.3 is 63.3 Å². The van der Waals surface area contributed by atoms with Crippen LogP contribution in [0.3, 0.4) is 0 Å². The lowest BCUT2D eigenvalue weighted by Gasteiger charge is -2.32. The number of fused-ring (bicyclic) bond motifs is 5. The molecule has 4 bridgehead atoms. The van der Waals surface area contributed by atoms with Crippen LogP contribution in [0, 0.1) is 18.3 Å². The van der Waals surface area contributed by atoms with Crippen LogP contribution >= 0.6 is 0 Å². The van der Waals surface area contributed by atoms with Crippen molar-refractivity contribution in [2.24, 2.45) is 17.2 Å². The summed E-state index contributed by atoms with van der Waals surface area (Å²) in [7, 11) is 1.42. The molecule has 0 saturated heterocycles. The number of ether oxygens (including phenoxy) is 3. The van der Waals surface area contributed by atoms with E-state index in [2.05, 4.69) is 21.3 Å². The molecule has 0 spiro atoms. The van der Waals surface area contributed by atoms with Gasteiger partial charge in [0.05, 0.1) is 42.3 Å². The van der Waals surface area contributed by atoms with Crippen LogP contribution in [0.5, 0.6) is 17.2 Å². The van der Waals surface area contributed by atoms with Crippen molar-refractivity contribution in [3.63, 3.8) is 0 Å². The number of nitrogen functional groups attached to an aromatic ring is 1. The standard InChI is InChI=1S/C53H69N11O8/c1-32-47(41(58)31-43(60-32)35-13-16-38(17-14-35)72-37-10-6-4-5-7-11-37)51(67)62-42(20-23-56)53(69)64(3)48-36-15-19-46(71-27-9-22-55)40(30-36)39-28-34(12-18-45(39)70-26-8-21-54)29-44(50(66)59-25-24-57)63-49(65)33(2)61-52(48)68/h12-19,28,30-31,33,37,42,44,48H,4-11,20-23,25-27,29,54-56H2,1-3H3,(H2,58,60)(H,59,66)(H,61,68)(H,62,67)(H,63,65)/t33-,42-,44-,48-/m0/s1. The number of hydrogen-bond acceptors (Lipinski definition) is 14. The second kappa shape index (κ2) is 26.3. The van der Waals surface area contributed by atoms with Gasteiger partial charge in [0.15, 0.2) is 0 Å². The number of nitrogens with two attached hydrogens (primary N) is 4. The van der Waals surface area contributed by atoms with Gasteiger partial charge >= 0.3 is 0 Å². The highest BCUT2D eigenvalue weighted by molar-refractivity contribution is 6.03. The van der Waals surface area contributed by atoms with Crippen molar-refractivity contribution in [3.05, 3.63) is 89.1 Å². The number of anilines is 1. The molecule has 12 N–H and O–H groups in total. The van der Waals surface area contributed by atoms with Crippen molar-refractivity contribution in [1.29, 1.82) is 5.26 Å². The minimum atomic E-state index is -1.42. The molecule has 1 saturated carbocycles. The SMILES string of the molecule is Cc1nc(-c2ccc(OC3CCCCCC3)cc2)cc(N)c1C(=O)N[C@@H](CCN)C(=O)N(C)[C@@H]1C(=O)N[C@@H](C)C(=O)N[C@H](C(=O)NCC#N)Cc2ccc(OCCCN)c(c2)-c2cc1ccc2OCCCN. The van der Waals surface area contributed by atoms with Gasteiger partial charge in [0.25, 0.3) is 5.91 Å². The molecule has 0 radical (unpaired) electrons. The summed E-state index contributed by atoms with van der Waals surface area (Å²) in [5, 5.41) is 20.0. The molecule has 1 aliphatic heterocycles. The molecule has 4 atom stereocenters. The van der Waals surface area contributed by atoms with E-state index in [-0.39, 0.29) is 56.5 Å². The van der Waals surface area contributed by atoms with E-state index >= 15 is 0 Å². The predicted molar refractivity (Wildman–Crippen MR) is 273 cm³/mol. The van der Waals surface area contributed by atoms with E-state index < -0.39 is 53.7 Å². The van der Waals surface area contributed by atoms with Gasteiger partial charge in [0, 0.05) is 35.8 Å². The van der Waals surface area contributed by atoms with Crippen LogP contribution in [0.25, 0.3) is 22.4 Å². The highest BCUT2D eigenvalue weighted by Crippen LogP contribution is 2.40. The Kier molecular flexibility index (Phi) is 19.7. The quantitative estimate of drug-likeness (QED) is 0.0378. The lowest BCUT2D eigenvalue weighted by atomic mass is 9.93. The average molecular weight is 988 g/mol. The maximum atomic E-state index is 14.8. The van der Waals surface area contributed by atoms with E-state index in [0.29, 0.717) is 71.1 Å². The Labute approximate surface area is 421 Å². The second-order valence-electron chi connectivity index (χ2n) is 18.2. The number of aromatic nitrogens is 1. The number of hydrogen-bond donors (Lipinski definition) is 8. The van der Waals surface area contributed by atoms with Crippen molar-refractivity contribution in [2.45, 2.75) is 108 Å². The zero-order valence-corrected chi connectivity index (χ0v) is 41.5. The van der Waals surface area contributed by atoms with Crippen molar-refractivity contribution in [3.8, 4) is 45.7 Å². The van der Waals surface area contributed by atoms with E-state index in [1.54, 1.807) is 49.4 Å². The van der Waals surface area contributed by atoms with E-state index in [1.807, 2.05) is 30.3 Å². The van der Waals surface area contributed by atoms with Gasteiger partial charge in [0.2, 0.25) is 23.6 Å². The molecule has 2 heterocycles. The van der Waals surface area contributed by atoms with Crippen LogP contribution in [0.4, 0.5) is 5.69 Å². The predicted octanol–water partition coefficient (Wildman–Crippen LogP) is 3.70. The van der Waals surface area contributed by atoms with Crippen LogP contribution < -0.4 is 58.4 Å². The topological polar surface area (TPSA) is 305 Å². The van der Waals surface area contributed by atoms with E-state index in [0.717, 1.165) is 37.0 Å². The molecule has 72 heavy (non-hydrogen) atoms. The Hall–Kier alpha value is -7.27. The van der Waals surface area contributed by atoms with Crippen molar-refractivity contribution in [1.82, 2.24) is 31.2 Å². The molecule has 1 aromatic heterocycles. The highest BCUT2D eigenvalue weighted by Gasteiger charge is 2.36. The molecule has 4 aromatic rings. The third kappa shape index (κ3) is 14.0. The first kappa shape index (κ1) is 54.1. The first-order valence-electron chi connectivity index (χ1n) is 24.8. The third-order valence-corrected chi connectivity index (χ3v) is 12.8. The van der Waals surface area contributed by atoms with Crippen LogP contribution in [-0.2, 0) is 25.6 Å². The summed E-state index contributed by atoms with van der Waals surface area (Å²) >= 11 is 0. The maximum Gasteiger partial charge on any atom is 0.255 e. The largest absolute Gasteiger partial charge is 0.493 e. The fraction of sp³-hybridized carbons (Fsp3) is 0.453. The third-order valence-electron chi connectivity index (χ3n) is 12.8. The smallest absolute Gasteiger partial charge is 0.255 e. The van der Waals surface area contributed by atoms with Gasteiger partial charge in [-0.15, -0.1) is 0 Å². The Bertz CT molecular complexity index is 2550. The summed E-state index contributed by atoms with van der Waals surface area (Å²) in [5.41, 5.74) is 28.1. The number of nitriles is 1. The Morgan fingerprint density at radius 3 is 2.14 bits per heavy atom. The number of nitrogens with zero attached hydrogens (tertiary/aromatic N) is 3. The molecule has 2 aliphatic rings. The summed E-state index contributed by atoms with van der Waals surface area (Å²) in [6.45, 7) is 4.04. The minimum Gasteiger partial charge on any atom is -0.493 e. The van der Waals surface area contributed by atoms with Crippen molar-refractivity contribution in [2.75, 3.05) is 52.2 Å². The van der Waals surface area contributed by atoms with Gasteiger partial charge in [-0.25, -0.2) is 0 Å². The van der Waals surface area contributed by atoms with Crippen molar-refractivity contribution < 1.29 is 38.2 Å².